The summed E-state index contributed by atoms with van der Waals surface area (Å²) in [5, 5.41) is 23.0. The normalized spacial score (nSPS) is 13.6. The van der Waals surface area contributed by atoms with Crippen molar-refractivity contribution in [2.45, 2.75) is 341 Å². The van der Waals surface area contributed by atoms with Crippen LogP contribution in [-0.4, -0.2) is 111 Å². The molecule has 4 heterocycles. The van der Waals surface area contributed by atoms with Gasteiger partial charge < -0.3 is 57.2 Å². The first-order chi connectivity index (χ1) is 48.1. The van der Waals surface area contributed by atoms with Crippen molar-refractivity contribution in [2.24, 2.45) is 0 Å². The van der Waals surface area contributed by atoms with Crippen LogP contribution in [0.1, 0.15) is 228 Å². The Balaban J connectivity index is 0. The van der Waals surface area contributed by atoms with E-state index in [1.54, 1.807) is 0 Å². The molecule has 0 bridgehead atoms. The smallest absolute Gasteiger partial charge is 0.668 e. The molecular weight excluding hydrogens is 1740 g/mol. The Bertz CT molecular complexity index is 3020. The van der Waals surface area contributed by atoms with Gasteiger partial charge in [-0.15, -0.1) is 0 Å². The van der Waals surface area contributed by atoms with Crippen molar-refractivity contribution in [1.82, 2.24) is 18.3 Å². The largest absolute Gasteiger partial charge is 3.00 e. The second-order valence-corrected chi connectivity index (χ2v) is 77.8. The summed E-state index contributed by atoms with van der Waals surface area (Å²) < 4.78 is 37.0. The average Bonchev–Trinajstić information content (AvgIpc) is 1.60. The molecule has 0 unspecified atom stereocenters. The molecule has 0 aliphatic carbocycles. The first kappa shape index (κ1) is 109. The van der Waals surface area contributed by atoms with E-state index in [0.29, 0.717) is 47.3 Å². The van der Waals surface area contributed by atoms with Crippen LogP contribution in [0.5, 0.6) is 0 Å². The van der Waals surface area contributed by atoms with Crippen molar-refractivity contribution < 1.29 is 89.4 Å². The SMILES string of the molecule is C1CCOC1.C1CCOC1.CC(C)c1cccc(C(C)C)c1-n1ccn(-c2c(C(C)C)cccc2C(C)C)c1=[N-].CC(C)c1cccc(C(C)C)c1-n1ccn(-c2c(C(C)C)cccc2C(C)C)c1=[N-].C[Si](C)(C)[N-][Si](C)(C)C.C[Si](C)(C)[N-][Si](C)(C)C.C[Si](C)(C)[N-][Si](C)(C)C.C[Si](C)(C)[N-][Si](C)(C)C.[Gd+3].[Gd+3]. The fourth-order valence-electron chi connectivity index (χ4n) is 13.7. The molecule has 8 rings (SSSR count). The van der Waals surface area contributed by atoms with Gasteiger partial charge in [0.25, 0.3) is 0 Å². The average molecular weight is 1910 g/mol. The molecule has 108 heavy (non-hydrogen) atoms. The van der Waals surface area contributed by atoms with Gasteiger partial charge in [0.2, 0.25) is 0 Å². The maximum Gasteiger partial charge on any atom is 3.00 e. The number of para-hydroxylation sites is 4. The molecule has 0 spiro atoms. The Morgan fingerprint density at radius 1 is 0.250 bits per heavy atom. The van der Waals surface area contributed by atoms with E-state index < -0.39 is 65.9 Å². The summed E-state index contributed by atoms with van der Waals surface area (Å²) >= 11 is 0. The van der Waals surface area contributed by atoms with Gasteiger partial charge in [0.15, 0.2) is 0 Å². The van der Waals surface area contributed by atoms with Gasteiger partial charge in [0.1, 0.15) is 0 Å². The van der Waals surface area contributed by atoms with Crippen LogP contribution in [0.2, 0.25) is 157 Å². The molecule has 614 valence electrons. The molecule has 0 N–H and O–H groups in total. The van der Waals surface area contributed by atoms with Gasteiger partial charge in [0, 0.05) is 37.7 Å². The Labute approximate surface area is 738 Å². The monoisotopic (exact) mass is 1900 g/mol. The summed E-state index contributed by atoms with van der Waals surface area (Å²) in [5.74, 6) is 2.91. The predicted octanol–water partition coefficient (Wildman–Crippen LogP) is 28.2. The van der Waals surface area contributed by atoms with E-state index >= 15 is 0 Å². The second-order valence-electron chi connectivity index (χ2n) is 39.5. The number of imidazole rings is 2. The minimum Gasteiger partial charge on any atom is -0.668 e. The Kier molecular flexibility index (Phi) is 49.2. The number of ether oxygens (including phenoxy) is 2. The molecule has 2 aliphatic rings. The van der Waals surface area contributed by atoms with Crippen molar-refractivity contribution in [3.63, 3.8) is 0 Å². The molecule has 4 aromatic carbocycles. The molecule has 2 aromatic heterocycles. The Morgan fingerprint density at radius 3 is 0.444 bits per heavy atom. The molecule has 2 fully saturated rings. The number of rotatable bonds is 20. The van der Waals surface area contributed by atoms with Crippen molar-refractivity contribution in [3.05, 3.63) is 183 Å². The van der Waals surface area contributed by atoms with Gasteiger partial charge in [-0.1, -0.05) is 407 Å². The van der Waals surface area contributed by atoms with Gasteiger partial charge in [-0.2, -0.15) is 0 Å². The van der Waals surface area contributed by atoms with Crippen LogP contribution in [0, 0.1) is 79.9 Å². The molecule has 0 saturated carbocycles. The third-order valence-corrected chi connectivity index (χ3v) is 37.7. The third-order valence-electron chi connectivity index (χ3n) is 16.3. The van der Waals surface area contributed by atoms with Crippen LogP contribution in [0.25, 0.3) is 52.2 Å². The van der Waals surface area contributed by atoms with Crippen LogP contribution in [0.3, 0.4) is 0 Å². The first-order valence-corrected chi connectivity index (χ1v) is 68.0. The van der Waals surface area contributed by atoms with E-state index in [4.69, 9.17) is 28.1 Å². The Morgan fingerprint density at radius 2 is 0.370 bits per heavy atom. The molecule has 0 atom stereocenters. The van der Waals surface area contributed by atoms with Crippen molar-refractivity contribution in [1.29, 1.82) is 0 Å². The number of hydrogen-bond acceptors (Lipinski definition) is 2. The molecule has 12 nitrogen and oxygen atoms in total. The van der Waals surface area contributed by atoms with Gasteiger partial charge in [-0.05, 0) is 165 Å². The van der Waals surface area contributed by atoms with Crippen molar-refractivity contribution in [2.75, 3.05) is 26.4 Å². The summed E-state index contributed by atoms with van der Waals surface area (Å²) in [6, 6.07) is 26.0. The first-order valence-electron chi connectivity index (χ1n) is 40.4. The third kappa shape index (κ3) is 42.8. The summed E-state index contributed by atoms with van der Waals surface area (Å²) in [6.07, 6.45) is 13.1. The summed E-state index contributed by atoms with van der Waals surface area (Å²) in [4.78, 5) is 0. The van der Waals surface area contributed by atoms with Gasteiger partial charge in [0.05, 0.1) is 0 Å². The minimum absolute atomic E-state index is 0. The zero-order valence-electron chi connectivity index (χ0n) is 76.5. The molecule has 2 aliphatic heterocycles. The molecule has 2 radical (unpaired) electrons. The van der Waals surface area contributed by atoms with Gasteiger partial charge in [-0.25, -0.2) is 0 Å². The maximum absolute atomic E-state index is 11.5. The summed E-state index contributed by atoms with van der Waals surface area (Å²) in [6.45, 7) is 94.5. The van der Waals surface area contributed by atoms with Crippen LogP contribution < -0.4 is 11.2 Å². The zero-order valence-corrected chi connectivity index (χ0v) is 89.0. The van der Waals surface area contributed by atoms with E-state index in [9.17, 15) is 10.8 Å². The van der Waals surface area contributed by atoms with Crippen LogP contribution in [0.4, 0.5) is 0 Å². The fraction of sp³-hybridized carbons (Fsp3) is 0.651. The van der Waals surface area contributed by atoms with Crippen molar-refractivity contribution >= 4 is 65.9 Å². The fourth-order valence-corrected chi connectivity index (χ4v) is 45.9. The molecule has 2 saturated heterocycles. The van der Waals surface area contributed by atoms with Crippen LogP contribution in [0.15, 0.2) is 97.6 Å². The number of nitrogens with zero attached hydrogens (tertiary/aromatic N) is 10. The molecule has 0 amide bonds. The molecular formula is C86H160Gd2N10O2Si8. The number of hydrogen-bond donors (Lipinski definition) is 0. The summed E-state index contributed by atoms with van der Waals surface area (Å²) in [7, 11) is -8.85. The second kappa shape index (κ2) is 48.7. The quantitative estimate of drug-likeness (QED) is 0.0703. The van der Waals surface area contributed by atoms with Crippen LogP contribution in [-0.2, 0) is 9.47 Å². The van der Waals surface area contributed by atoms with E-state index in [2.05, 4.69) is 341 Å². The standard InChI is InChI=1S/2C27H36N3.4C6H18NSi2.2C4H8O.2Gd/c2*1-17(2)21-11-9-12-22(18(3)4)25(21)29-15-16-30(27(29)28)26-23(19(5)6)13-10-14-24(26)20(7)8;4*1-8(2,3)7-9(4,5)6;2*1-2-4-5-3-1;;/h2*9-20H,1-8H3;4*1-6H3;2*1-4H2;;/q6*-1;;;2*+3. The molecule has 6 aromatic rings. The maximum atomic E-state index is 11.5. The van der Waals surface area contributed by atoms with Crippen molar-refractivity contribution in [3.8, 4) is 22.7 Å². The van der Waals surface area contributed by atoms with E-state index in [-0.39, 0.29) is 91.1 Å². The van der Waals surface area contributed by atoms with E-state index in [0.717, 1.165) is 49.2 Å². The van der Waals surface area contributed by atoms with Crippen LogP contribution >= 0.6 is 0 Å². The minimum atomic E-state index is -1.11. The Hall–Kier alpha value is -0.956. The van der Waals surface area contributed by atoms with E-state index in [1.807, 2.05) is 43.1 Å². The predicted molar refractivity (Wildman–Crippen MR) is 496 cm³/mol. The van der Waals surface area contributed by atoms with Gasteiger partial charge >= 0.3 is 79.9 Å². The number of benzene rings is 4. The van der Waals surface area contributed by atoms with E-state index in [1.165, 1.54) is 70.2 Å². The summed E-state index contributed by atoms with van der Waals surface area (Å²) in [5.41, 5.74) is 14.9. The zero-order chi connectivity index (χ0) is 82.2. The van der Waals surface area contributed by atoms with Gasteiger partial charge in [-0.3, -0.25) is 0 Å². The topological polar surface area (TPSA) is 139 Å². The molecule has 22 heteroatoms. The number of aromatic nitrogens is 4.